The van der Waals surface area contributed by atoms with E-state index in [0.717, 1.165) is 80.4 Å². The van der Waals surface area contributed by atoms with Gasteiger partial charge in [-0.2, -0.15) is 4.37 Å². The van der Waals surface area contributed by atoms with Gasteiger partial charge in [0.05, 0.1) is 5.69 Å². The van der Waals surface area contributed by atoms with Crippen molar-refractivity contribution in [1.29, 1.82) is 0 Å². The molecule has 4 rings (SSSR count). The highest BCUT2D eigenvalue weighted by Crippen LogP contribution is 2.32. The molecule has 0 unspecified atom stereocenters. The number of carbonyl (C=O) groups excluding carboxylic acids is 3. The largest absolute Gasteiger partial charge is 0.395 e. The van der Waals surface area contributed by atoms with Crippen molar-refractivity contribution in [3.05, 3.63) is 39.9 Å². The van der Waals surface area contributed by atoms with E-state index in [1.807, 2.05) is 39.0 Å². The third-order valence-electron chi connectivity index (χ3n) is 8.01. The number of hydrogen-bond acceptors (Lipinski definition) is 6. The Morgan fingerprint density at radius 3 is 2.32 bits per heavy atom. The summed E-state index contributed by atoms with van der Waals surface area (Å²) in [5.74, 6) is -0.885. The van der Waals surface area contributed by atoms with Crippen molar-refractivity contribution in [2.45, 2.75) is 110 Å². The molecule has 0 aliphatic heterocycles. The van der Waals surface area contributed by atoms with Crippen LogP contribution in [-0.4, -0.2) is 40.2 Å². The first-order valence-corrected chi connectivity index (χ1v) is 14.8. The van der Waals surface area contributed by atoms with Crippen LogP contribution in [0.2, 0.25) is 0 Å². The van der Waals surface area contributed by atoms with Crippen LogP contribution in [0.3, 0.4) is 0 Å². The average Bonchev–Trinajstić information content (AvgIpc) is 3.56. The Balaban J connectivity index is 1.67. The lowest BCUT2D eigenvalue weighted by Crippen LogP contribution is -2.52. The maximum atomic E-state index is 14.2. The van der Waals surface area contributed by atoms with Crippen LogP contribution in [-0.2, 0) is 4.79 Å². The van der Waals surface area contributed by atoms with Gasteiger partial charge >= 0.3 is 0 Å². The van der Waals surface area contributed by atoms with Gasteiger partial charge in [0, 0.05) is 17.8 Å². The maximum absolute atomic E-state index is 14.2. The zero-order valence-corrected chi connectivity index (χ0v) is 23.7. The molecule has 1 aromatic carbocycles. The molecule has 8 nitrogen and oxygen atoms in total. The van der Waals surface area contributed by atoms with Gasteiger partial charge in [-0.05, 0) is 74.7 Å². The molecule has 9 heteroatoms. The Labute approximate surface area is 229 Å². The number of amides is 3. The van der Waals surface area contributed by atoms with E-state index < -0.39 is 11.9 Å². The van der Waals surface area contributed by atoms with Gasteiger partial charge in [0.25, 0.3) is 11.8 Å². The molecule has 2 aliphatic carbocycles. The highest BCUT2D eigenvalue weighted by molar-refractivity contribution is 7.09. The highest BCUT2D eigenvalue weighted by atomic mass is 32.1. The van der Waals surface area contributed by atoms with Gasteiger partial charge in [0.2, 0.25) is 5.91 Å². The number of hydrogen-bond donors (Lipinski definition) is 3. The fraction of sp³-hybridized carbons (Fsp3) is 0.586. The zero-order chi connectivity index (χ0) is 27.2. The topological polar surface area (TPSA) is 117 Å². The smallest absolute Gasteiger partial charge is 0.273 e. The van der Waals surface area contributed by atoms with Gasteiger partial charge < -0.3 is 16.4 Å². The van der Waals surface area contributed by atoms with E-state index in [1.165, 1.54) is 6.42 Å². The van der Waals surface area contributed by atoms with Crippen molar-refractivity contribution in [1.82, 2.24) is 15.0 Å². The second-order valence-corrected chi connectivity index (χ2v) is 11.5. The molecule has 0 radical (unpaired) electrons. The molecule has 1 heterocycles. The predicted molar refractivity (Wildman–Crippen MR) is 153 cm³/mol. The molecular weight excluding hydrogens is 498 g/mol. The Kier molecular flexibility index (Phi) is 9.41. The quantitative estimate of drug-likeness (QED) is 0.401. The van der Waals surface area contributed by atoms with Crippen LogP contribution in [0, 0.1) is 13.8 Å². The third kappa shape index (κ3) is 6.20. The molecule has 0 saturated heterocycles. The molecule has 2 saturated carbocycles. The number of nitrogens with two attached hydrogens (primary N) is 1. The van der Waals surface area contributed by atoms with E-state index in [2.05, 4.69) is 15.0 Å². The van der Waals surface area contributed by atoms with Gasteiger partial charge in [-0.25, -0.2) is 0 Å². The van der Waals surface area contributed by atoms with Crippen molar-refractivity contribution in [3.8, 4) is 0 Å². The molecule has 2 fully saturated rings. The molecule has 2 aromatic rings. The standard InChI is InChI=1S/C29H41N5O3S/c1-4-11-23(27(35)31-20-15-8-9-16-20)34(22-17-10-12-18(2)19(22)3)29(37)26-24(30)25(33-38-26)28(36)32-21-13-6-5-7-14-21/h10,12,17,20-21,23H,4-9,11,13-16,30H2,1-3H3,(H,31,35)(H,32,36)/t23-/m1/s1. The van der Waals surface area contributed by atoms with Crippen LogP contribution < -0.4 is 21.3 Å². The Morgan fingerprint density at radius 2 is 1.66 bits per heavy atom. The van der Waals surface area contributed by atoms with Gasteiger partial charge in [-0.3, -0.25) is 19.3 Å². The summed E-state index contributed by atoms with van der Waals surface area (Å²) in [5, 5.41) is 6.24. The van der Waals surface area contributed by atoms with E-state index in [0.29, 0.717) is 12.1 Å². The number of nitrogen functional groups attached to an aromatic ring is 1. The minimum Gasteiger partial charge on any atom is -0.395 e. The summed E-state index contributed by atoms with van der Waals surface area (Å²) >= 11 is 0.929. The molecule has 0 spiro atoms. The molecule has 3 amide bonds. The summed E-state index contributed by atoms with van der Waals surface area (Å²) < 4.78 is 4.31. The predicted octanol–water partition coefficient (Wildman–Crippen LogP) is 5.28. The number of nitrogens with one attached hydrogen (secondary N) is 2. The van der Waals surface area contributed by atoms with E-state index in [1.54, 1.807) is 4.90 Å². The van der Waals surface area contributed by atoms with E-state index in [-0.39, 0.29) is 40.2 Å². The van der Waals surface area contributed by atoms with Crippen LogP contribution in [0.5, 0.6) is 0 Å². The second kappa shape index (κ2) is 12.7. The highest BCUT2D eigenvalue weighted by Gasteiger charge is 2.36. The lowest BCUT2D eigenvalue weighted by Gasteiger charge is -2.33. The SMILES string of the molecule is CCC[C@H](C(=O)NC1CCCC1)N(C(=O)c1snc(C(=O)NC2CCCCC2)c1N)c1cccc(C)c1C. The fourth-order valence-electron chi connectivity index (χ4n) is 5.66. The third-order valence-corrected chi connectivity index (χ3v) is 8.86. The monoisotopic (exact) mass is 539 g/mol. The van der Waals surface area contributed by atoms with E-state index in [4.69, 9.17) is 5.73 Å². The van der Waals surface area contributed by atoms with Crippen LogP contribution in [0.1, 0.15) is 109 Å². The van der Waals surface area contributed by atoms with Crippen LogP contribution in [0.25, 0.3) is 0 Å². The number of rotatable bonds is 9. The molecule has 4 N–H and O–H groups in total. The Bertz CT molecular complexity index is 1150. The van der Waals surface area contributed by atoms with Crippen molar-refractivity contribution >= 4 is 40.6 Å². The van der Waals surface area contributed by atoms with Gasteiger partial charge in [0.15, 0.2) is 5.69 Å². The van der Waals surface area contributed by atoms with Crippen molar-refractivity contribution in [2.24, 2.45) is 0 Å². The van der Waals surface area contributed by atoms with E-state index >= 15 is 0 Å². The molecule has 0 bridgehead atoms. The molecule has 38 heavy (non-hydrogen) atoms. The first-order chi connectivity index (χ1) is 18.3. The van der Waals surface area contributed by atoms with Gasteiger partial charge in [-0.15, -0.1) is 0 Å². The number of aromatic nitrogens is 1. The van der Waals surface area contributed by atoms with Crippen LogP contribution >= 0.6 is 11.5 Å². The lowest BCUT2D eigenvalue weighted by atomic mass is 9.95. The van der Waals surface area contributed by atoms with Gasteiger partial charge in [0.1, 0.15) is 10.9 Å². The number of benzene rings is 1. The normalized spacial score (nSPS) is 17.2. The first kappa shape index (κ1) is 28.1. The zero-order valence-electron chi connectivity index (χ0n) is 22.8. The van der Waals surface area contributed by atoms with Crippen LogP contribution in [0.15, 0.2) is 18.2 Å². The average molecular weight is 540 g/mol. The van der Waals surface area contributed by atoms with Crippen molar-refractivity contribution in [2.75, 3.05) is 10.6 Å². The van der Waals surface area contributed by atoms with E-state index in [9.17, 15) is 14.4 Å². The molecule has 1 aromatic heterocycles. The molecule has 2 aliphatic rings. The minimum atomic E-state index is -0.699. The fourth-order valence-corrected chi connectivity index (χ4v) is 6.39. The molecule has 1 atom stereocenters. The lowest BCUT2D eigenvalue weighted by molar-refractivity contribution is -0.123. The number of anilines is 2. The second-order valence-electron chi connectivity index (χ2n) is 10.8. The van der Waals surface area contributed by atoms with Crippen molar-refractivity contribution in [3.63, 3.8) is 0 Å². The van der Waals surface area contributed by atoms with Gasteiger partial charge in [-0.1, -0.05) is 57.6 Å². The molecule has 206 valence electrons. The number of nitrogens with zero attached hydrogens (tertiary/aromatic N) is 2. The Hall–Kier alpha value is -2.94. The summed E-state index contributed by atoms with van der Waals surface area (Å²) in [4.78, 5) is 42.6. The summed E-state index contributed by atoms with van der Waals surface area (Å²) in [6.07, 6.45) is 10.6. The summed E-state index contributed by atoms with van der Waals surface area (Å²) in [5.41, 5.74) is 9.21. The first-order valence-electron chi connectivity index (χ1n) is 14.1. The summed E-state index contributed by atoms with van der Waals surface area (Å²) in [6.45, 7) is 5.96. The van der Waals surface area contributed by atoms with Crippen LogP contribution in [0.4, 0.5) is 11.4 Å². The molecular formula is C29H41N5O3S. The number of carbonyl (C=O) groups is 3. The minimum absolute atomic E-state index is 0.0788. The summed E-state index contributed by atoms with van der Waals surface area (Å²) in [6, 6.07) is 5.31. The number of aryl methyl sites for hydroxylation is 1. The van der Waals surface area contributed by atoms with Crippen molar-refractivity contribution < 1.29 is 14.4 Å². The maximum Gasteiger partial charge on any atom is 0.273 e. The Morgan fingerprint density at radius 1 is 1.03 bits per heavy atom. The summed E-state index contributed by atoms with van der Waals surface area (Å²) in [7, 11) is 0.